The number of hydrogen-bond donors (Lipinski definition) is 3. The topological polar surface area (TPSA) is 52.5 Å². The summed E-state index contributed by atoms with van der Waals surface area (Å²) in [5, 5.41) is 21.9. The van der Waals surface area contributed by atoms with Crippen LogP contribution in [0.1, 0.15) is 25.8 Å². The van der Waals surface area contributed by atoms with Crippen molar-refractivity contribution in [3.63, 3.8) is 0 Å². The van der Waals surface area contributed by atoms with Gasteiger partial charge in [-0.05, 0) is 46.0 Å². The van der Waals surface area contributed by atoms with Crippen LogP contribution in [0.4, 0.5) is 0 Å². The maximum atomic E-state index is 9.38. The van der Waals surface area contributed by atoms with E-state index in [2.05, 4.69) is 35.1 Å². The molecule has 0 aliphatic heterocycles. The van der Waals surface area contributed by atoms with Gasteiger partial charge in [-0.25, -0.2) is 0 Å². The molecular weight excluding hydrogens is 282 g/mol. The highest BCUT2D eigenvalue weighted by Crippen LogP contribution is 2.24. The van der Waals surface area contributed by atoms with Crippen LogP contribution in [-0.2, 0) is 6.54 Å². The van der Waals surface area contributed by atoms with E-state index in [0.29, 0.717) is 16.9 Å². The smallest absolute Gasteiger partial charge is 0.129 e. The molecule has 0 saturated carbocycles. The van der Waals surface area contributed by atoms with E-state index in [1.54, 1.807) is 6.07 Å². The van der Waals surface area contributed by atoms with Gasteiger partial charge in [0.2, 0.25) is 0 Å². The van der Waals surface area contributed by atoms with Crippen molar-refractivity contribution in [2.45, 2.75) is 32.9 Å². The normalized spacial score (nSPS) is 13.0. The molecule has 96 valence electrons. The number of rotatable bonds is 6. The Labute approximate surface area is 111 Å². The van der Waals surface area contributed by atoms with E-state index >= 15 is 0 Å². The minimum atomic E-state index is 0.127. The summed E-state index contributed by atoms with van der Waals surface area (Å²) in [5.41, 5.74) is 1.08. The Kier molecular flexibility index (Phi) is 5.95. The summed E-state index contributed by atoms with van der Waals surface area (Å²) in [6, 6.07) is 5.54. The molecule has 1 aromatic carbocycles. The van der Waals surface area contributed by atoms with E-state index in [1.807, 2.05) is 12.1 Å². The summed E-state index contributed by atoms with van der Waals surface area (Å²) in [5.74, 6) is 0.806. The molecule has 0 aliphatic rings. The molecule has 17 heavy (non-hydrogen) atoms. The van der Waals surface area contributed by atoms with E-state index in [9.17, 15) is 10.2 Å². The van der Waals surface area contributed by atoms with Crippen LogP contribution in [0.2, 0.25) is 0 Å². The third-order valence-corrected chi connectivity index (χ3v) is 3.22. The van der Waals surface area contributed by atoms with Gasteiger partial charge in [-0.1, -0.05) is 19.9 Å². The SMILES string of the molecule is CC(C)CC(CO)NCc1ccc(O)c(Br)c1. The van der Waals surface area contributed by atoms with Gasteiger partial charge in [0.1, 0.15) is 5.75 Å². The lowest BCUT2D eigenvalue weighted by molar-refractivity contribution is 0.223. The minimum absolute atomic E-state index is 0.127. The second-order valence-corrected chi connectivity index (χ2v) is 5.53. The quantitative estimate of drug-likeness (QED) is 0.757. The monoisotopic (exact) mass is 301 g/mol. The van der Waals surface area contributed by atoms with Crippen LogP contribution < -0.4 is 5.32 Å². The van der Waals surface area contributed by atoms with Gasteiger partial charge in [0, 0.05) is 12.6 Å². The van der Waals surface area contributed by atoms with E-state index in [-0.39, 0.29) is 18.4 Å². The van der Waals surface area contributed by atoms with Crippen LogP contribution >= 0.6 is 15.9 Å². The Morgan fingerprint density at radius 1 is 1.35 bits per heavy atom. The first kappa shape index (κ1) is 14.5. The Morgan fingerprint density at radius 2 is 2.06 bits per heavy atom. The Balaban J connectivity index is 2.50. The van der Waals surface area contributed by atoms with E-state index in [4.69, 9.17) is 0 Å². The number of benzene rings is 1. The summed E-state index contributed by atoms with van der Waals surface area (Å²) >= 11 is 3.28. The fourth-order valence-corrected chi connectivity index (χ4v) is 2.14. The summed E-state index contributed by atoms with van der Waals surface area (Å²) in [6.45, 7) is 5.12. The maximum Gasteiger partial charge on any atom is 0.129 e. The van der Waals surface area contributed by atoms with Gasteiger partial charge in [-0.3, -0.25) is 0 Å². The number of aromatic hydroxyl groups is 1. The molecular formula is C13H20BrNO2. The molecule has 0 spiro atoms. The zero-order chi connectivity index (χ0) is 12.8. The molecule has 0 radical (unpaired) electrons. The van der Waals surface area contributed by atoms with Crippen LogP contribution in [0.3, 0.4) is 0 Å². The average Bonchev–Trinajstić information content (AvgIpc) is 2.28. The Morgan fingerprint density at radius 3 is 2.59 bits per heavy atom. The summed E-state index contributed by atoms with van der Waals surface area (Å²) < 4.78 is 0.696. The predicted octanol–water partition coefficient (Wildman–Crippen LogP) is 2.65. The minimum Gasteiger partial charge on any atom is -0.507 e. The summed E-state index contributed by atoms with van der Waals surface area (Å²) in [4.78, 5) is 0. The van der Waals surface area contributed by atoms with Crippen molar-refractivity contribution in [3.8, 4) is 5.75 Å². The van der Waals surface area contributed by atoms with Crippen molar-refractivity contribution in [1.29, 1.82) is 0 Å². The number of halogens is 1. The summed E-state index contributed by atoms with van der Waals surface area (Å²) in [7, 11) is 0. The average molecular weight is 302 g/mol. The highest BCUT2D eigenvalue weighted by atomic mass is 79.9. The number of aliphatic hydroxyl groups excluding tert-OH is 1. The molecule has 0 aliphatic carbocycles. The number of hydrogen-bond acceptors (Lipinski definition) is 3. The van der Waals surface area contributed by atoms with Gasteiger partial charge in [0.15, 0.2) is 0 Å². The van der Waals surface area contributed by atoms with Crippen molar-refractivity contribution >= 4 is 15.9 Å². The second kappa shape index (κ2) is 6.99. The Hall–Kier alpha value is -0.580. The predicted molar refractivity (Wildman–Crippen MR) is 73.0 cm³/mol. The van der Waals surface area contributed by atoms with Crippen molar-refractivity contribution in [2.24, 2.45) is 5.92 Å². The molecule has 0 saturated heterocycles. The highest BCUT2D eigenvalue weighted by Gasteiger charge is 2.09. The van der Waals surface area contributed by atoms with Gasteiger partial charge < -0.3 is 15.5 Å². The molecule has 0 fully saturated rings. The van der Waals surface area contributed by atoms with Crippen molar-refractivity contribution in [3.05, 3.63) is 28.2 Å². The van der Waals surface area contributed by atoms with Crippen LogP contribution in [0.15, 0.2) is 22.7 Å². The van der Waals surface area contributed by atoms with Crippen LogP contribution in [0, 0.1) is 5.92 Å². The van der Waals surface area contributed by atoms with Crippen LogP contribution in [-0.4, -0.2) is 22.9 Å². The first-order chi connectivity index (χ1) is 8.02. The molecule has 0 amide bonds. The molecule has 1 rings (SSSR count). The number of phenolic OH excluding ortho intramolecular Hbond substituents is 1. The molecule has 3 N–H and O–H groups in total. The molecule has 0 aromatic heterocycles. The van der Waals surface area contributed by atoms with E-state index < -0.39 is 0 Å². The Bertz CT molecular complexity index is 355. The lowest BCUT2D eigenvalue weighted by Crippen LogP contribution is -2.33. The van der Waals surface area contributed by atoms with Gasteiger partial charge in [0.05, 0.1) is 11.1 Å². The van der Waals surface area contributed by atoms with Gasteiger partial charge >= 0.3 is 0 Å². The molecule has 3 nitrogen and oxygen atoms in total. The van der Waals surface area contributed by atoms with Gasteiger partial charge in [-0.2, -0.15) is 0 Å². The van der Waals surface area contributed by atoms with E-state index in [1.165, 1.54) is 0 Å². The molecule has 1 atom stereocenters. The fourth-order valence-electron chi connectivity index (χ4n) is 1.71. The number of nitrogens with one attached hydrogen (secondary N) is 1. The second-order valence-electron chi connectivity index (χ2n) is 4.68. The van der Waals surface area contributed by atoms with Crippen LogP contribution in [0.25, 0.3) is 0 Å². The van der Waals surface area contributed by atoms with E-state index in [0.717, 1.165) is 12.0 Å². The molecule has 1 aromatic rings. The highest BCUT2D eigenvalue weighted by molar-refractivity contribution is 9.10. The largest absolute Gasteiger partial charge is 0.507 e. The number of phenols is 1. The van der Waals surface area contributed by atoms with Gasteiger partial charge in [-0.15, -0.1) is 0 Å². The zero-order valence-electron chi connectivity index (χ0n) is 10.3. The zero-order valence-corrected chi connectivity index (χ0v) is 11.9. The molecule has 0 heterocycles. The van der Waals surface area contributed by atoms with Crippen molar-refractivity contribution in [2.75, 3.05) is 6.61 Å². The number of aliphatic hydroxyl groups is 1. The maximum absolute atomic E-state index is 9.38. The van der Waals surface area contributed by atoms with Crippen LogP contribution in [0.5, 0.6) is 5.75 Å². The lowest BCUT2D eigenvalue weighted by Gasteiger charge is -2.18. The fraction of sp³-hybridized carbons (Fsp3) is 0.538. The van der Waals surface area contributed by atoms with Crippen molar-refractivity contribution < 1.29 is 10.2 Å². The third kappa shape index (κ3) is 5.06. The molecule has 1 unspecified atom stereocenters. The van der Waals surface area contributed by atoms with Gasteiger partial charge in [0.25, 0.3) is 0 Å². The summed E-state index contributed by atoms with van der Waals surface area (Å²) in [6.07, 6.45) is 0.954. The van der Waals surface area contributed by atoms with Crippen molar-refractivity contribution in [1.82, 2.24) is 5.32 Å². The third-order valence-electron chi connectivity index (χ3n) is 2.58. The first-order valence-electron chi connectivity index (χ1n) is 5.84. The molecule has 0 bridgehead atoms. The molecule has 4 heteroatoms. The first-order valence-corrected chi connectivity index (χ1v) is 6.64. The lowest BCUT2D eigenvalue weighted by atomic mass is 10.0. The standard InChI is InChI=1S/C13H20BrNO2/c1-9(2)5-11(8-16)15-7-10-3-4-13(17)12(14)6-10/h3-4,6,9,11,15-17H,5,7-8H2,1-2H3.